The monoisotopic (exact) mass is 262 g/mol. The van der Waals surface area contributed by atoms with Gasteiger partial charge in [-0.15, -0.1) is 10.2 Å². The van der Waals surface area contributed by atoms with Crippen molar-refractivity contribution >= 4 is 6.01 Å². The Labute approximate surface area is 109 Å². The maximum atomic E-state index is 5.70. The van der Waals surface area contributed by atoms with Crippen LogP contribution < -0.4 is 4.90 Å². The maximum Gasteiger partial charge on any atom is 0.318 e. The van der Waals surface area contributed by atoms with E-state index in [1.54, 1.807) is 0 Å². The minimum atomic E-state index is 0.357. The molecular weight excluding hydrogens is 248 g/mol. The van der Waals surface area contributed by atoms with Gasteiger partial charge in [0.1, 0.15) is 0 Å². The highest BCUT2D eigenvalue weighted by Crippen LogP contribution is 2.27. The Hall–Kier alpha value is -1.96. The highest BCUT2D eigenvalue weighted by molar-refractivity contribution is 5.44. The lowest BCUT2D eigenvalue weighted by Crippen LogP contribution is -2.38. The zero-order valence-corrected chi connectivity index (χ0v) is 10.4. The smallest absolute Gasteiger partial charge is 0.318 e. The van der Waals surface area contributed by atoms with E-state index < -0.39 is 0 Å². The Morgan fingerprint density at radius 3 is 2.74 bits per heavy atom. The van der Waals surface area contributed by atoms with E-state index >= 15 is 0 Å². The van der Waals surface area contributed by atoms with Crippen LogP contribution in [-0.4, -0.2) is 57.7 Å². The van der Waals surface area contributed by atoms with Gasteiger partial charge in [0.05, 0.1) is 0 Å². The van der Waals surface area contributed by atoms with Crippen molar-refractivity contribution in [3.8, 4) is 11.6 Å². The van der Waals surface area contributed by atoms with E-state index in [4.69, 9.17) is 4.42 Å². The Morgan fingerprint density at radius 2 is 1.95 bits per heavy atom. The predicted molar refractivity (Wildman–Crippen MR) is 64.4 cm³/mol. The number of anilines is 1. The molecule has 8 heteroatoms. The third-order valence-corrected chi connectivity index (χ3v) is 3.89. The van der Waals surface area contributed by atoms with Crippen molar-refractivity contribution < 1.29 is 8.94 Å². The zero-order valence-electron chi connectivity index (χ0n) is 10.4. The average molecular weight is 262 g/mol. The fourth-order valence-electron chi connectivity index (χ4n) is 2.83. The SMILES string of the molecule is c1onnc1-c1nnc(N2CCN3CCC2CC3)o1. The van der Waals surface area contributed by atoms with E-state index in [-0.39, 0.29) is 0 Å². The number of hydrogen-bond acceptors (Lipinski definition) is 8. The van der Waals surface area contributed by atoms with Crippen molar-refractivity contribution in [2.75, 3.05) is 31.1 Å². The quantitative estimate of drug-likeness (QED) is 0.769. The predicted octanol–water partition coefficient (Wildman–Crippen LogP) is 0.404. The Kier molecular flexibility index (Phi) is 2.47. The van der Waals surface area contributed by atoms with Crippen LogP contribution in [0, 0.1) is 0 Å². The molecule has 0 spiro atoms. The highest BCUT2D eigenvalue weighted by Gasteiger charge is 2.32. The van der Waals surface area contributed by atoms with Gasteiger partial charge in [-0.2, -0.15) is 0 Å². The summed E-state index contributed by atoms with van der Waals surface area (Å²) in [5.74, 6) is 0.357. The summed E-state index contributed by atoms with van der Waals surface area (Å²) in [6.07, 6.45) is 3.71. The number of aromatic nitrogens is 4. The van der Waals surface area contributed by atoms with Gasteiger partial charge in [-0.3, -0.25) is 0 Å². The van der Waals surface area contributed by atoms with Crippen LogP contribution in [0.5, 0.6) is 0 Å². The molecule has 0 unspecified atom stereocenters. The summed E-state index contributed by atoms with van der Waals surface area (Å²) in [5, 5.41) is 15.3. The third kappa shape index (κ3) is 1.88. The molecule has 3 aliphatic rings. The summed E-state index contributed by atoms with van der Waals surface area (Å²) in [6.45, 7) is 4.31. The Morgan fingerprint density at radius 1 is 1.05 bits per heavy atom. The van der Waals surface area contributed by atoms with Gasteiger partial charge in [-0.25, -0.2) is 0 Å². The lowest BCUT2D eigenvalue weighted by atomic mass is 10.1. The van der Waals surface area contributed by atoms with Gasteiger partial charge in [0, 0.05) is 37.5 Å². The number of fused-ring (bicyclic) bond motifs is 4. The number of nitrogens with zero attached hydrogens (tertiary/aromatic N) is 6. The third-order valence-electron chi connectivity index (χ3n) is 3.89. The molecule has 0 N–H and O–H groups in total. The summed E-state index contributed by atoms with van der Waals surface area (Å²) in [6, 6.07) is 1.08. The van der Waals surface area contributed by atoms with Crippen LogP contribution in [0.1, 0.15) is 12.8 Å². The molecule has 0 atom stereocenters. The molecule has 5 heterocycles. The fourth-order valence-corrected chi connectivity index (χ4v) is 2.83. The summed E-state index contributed by atoms with van der Waals surface area (Å²) in [4.78, 5) is 4.70. The topological polar surface area (TPSA) is 84.3 Å². The molecule has 2 bridgehead atoms. The Balaban J connectivity index is 1.62. The van der Waals surface area contributed by atoms with Crippen molar-refractivity contribution in [3.05, 3.63) is 6.26 Å². The first-order valence-electron chi connectivity index (χ1n) is 6.50. The Bertz CT molecular complexity index is 545. The molecule has 2 aromatic rings. The molecule has 3 aliphatic heterocycles. The molecule has 0 radical (unpaired) electrons. The van der Waals surface area contributed by atoms with Crippen LogP contribution in [0.4, 0.5) is 6.01 Å². The second-order valence-electron chi connectivity index (χ2n) is 4.95. The number of piperidine rings is 1. The van der Waals surface area contributed by atoms with Gasteiger partial charge >= 0.3 is 6.01 Å². The van der Waals surface area contributed by atoms with Crippen LogP contribution in [0.25, 0.3) is 11.6 Å². The molecule has 0 saturated carbocycles. The molecule has 0 aliphatic carbocycles. The molecule has 8 nitrogen and oxygen atoms in total. The van der Waals surface area contributed by atoms with Gasteiger partial charge in [0.25, 0.3) is 5.89 Å². The van der Waals surface area contributed by atoms with E-state index in [0.29, 0.717) is 23.6 Å². The average Bonchev–Trinajstić information content (AvgIpc) is 3.05. The van der Waals surface area contributed by atoms with E-state index in [9.17, 15) is 0 Å². The number of rotatable bonds is 2. The summed E-state index contributed by atoms with van der Waals surface area (Å²) in [5.41, 5.74) is 0.474. The zero-order chi connectivity index (χ0) is 12.7. The normalized spacial score (nSPS) is 26.6. The summed E-state index contributed by atoms with van der Waals surface area (Å²) < 4.78 is 10.4. The molecule has 0 amide bonds. The van der Waals surface area contributed by atoms with Gasteiger partial charge in [-0.1, -0.05) is 5.10 Å². The molecule has 100 valence electrons. The molecule has 2 aromatic heterocycles. The van der Waals surface area contributed by atoms with Crippen molar-refractivity contribution in [1.82, 2.24) is 25.5 Å². The first-order chi connectivity index (χ1) is 9.40. The second kappa shape index (κ2) is 4.30. The van der Waals surface area contributed by atoms with Crippen LogP contribution in [0.2, 0.25) is 0 Å². The van der Waals surface area contributed by atoms with Gasteiger partial charge in [0.15, 0.2) is 12.0 Å². The van der Waals surface area contributed by atoms with E-state index in [2.05, 4.69) is 34.9 Å². The van der Waals surface area contributed by atoms with Crippen molar-refractivity contribution in [2.45, 2.75) is 18.9 Å². The van der Waals surface area contributed by atoms with Crippen molar-refractivity contribution in [2.24, 2.45) is 0 Å². The van der Waals surface area contributed by atoms with Gasteiger partial charge in [0.2, 0.25) is 0 Å². The first kappa shape index (κ1) is 10.9. The lowest BCUT2D eigenvalue weighted by Gasteiger charge is -2.29. The summed E-state index contributed by atoms with van der Waals surface area (Å²) in [7, 11) is 0. The molecular formula is C11H14N6O2. The van der Waals surface area contributed by atoms with E-state index in [1.807, 2.05) is 0 Å². The molecule has 0 aromatic carbocycles. The van der Waals surface area contributed by atoms with Crippen LogP contribution in [-0.2, 0) is 0 Å². The van der Waals surface area contributed by atoms with Gasteiger partial charge < -0.3 is 18.7 Å². The largest absolute Gasteiger partial charge is 0.401 e. The van der Waals surface area contributed by atoms with E-state index in [0.717, 1.165) is 39.0 Å². The van der Waals surface area contributed by atoms with Crippen LogP contribution >= 0.6 is 0 Å². The molecule has 19 heavy (non-hydrogen) atoms. The van der Waals surface area contributed by atoms with Gasteiger partial charge in [-0.05, 0) is 12.8 Å². The van der Waals surface area contributed by atoms with Crippen molar-refractivity contribution in [1.29, 1.82) is 0 Å². The second-order valence-corrected chi connectivity index (χ2v) is 4.95. The number of hydrogen-bond donors (Lipinski definition) is 0. The molecule has 3 fully saturated rings. The fraction of sp³-hybridized carbons (Fsp3) is 0.636. The van der Waals surface area contributed by atoms with Crippen LogP contribution in [0.3, 0.4) is 0 Å². The van der Waals surface area contributed by atoms with E-state index in [1.165, 1.54) is 6.26 Å². The van der Waals surface area contributed by atoms with Crippen LogP contribution in [0.15, 0.2) is 15.2 Å². The summed E-state index contributed by atoms with van der Waals surface area (Å²) >= 11 is 0. The lowest BCUT2D eigenvalue weighted by molar-refractivity contribution is 0.249. The highest BCUT2D eigenvalue weighted by atomic mass is 16.5. The molecule has 5 rings (SSSR count). The van der Waals surface area contributed by atoms with Crippen molar-refractivity contribution in [3.63, 3.8) is 0 Å². The minimum Gasteiger partial charge on any atom is -0.401 e. The molecule has 3 saturated heterocycles. The maximum absolute atomic E-state index is 5.70. The standard InChI is InChI=1S/C11H14N6O2/c1-3-16-4-2-8(1)17(6-5-16)11-14-13-10(19-11)9-7-18-15-12-9/h7-8H,1-6H2. The minimum absolute atomic E-state index is 0.357. The first-order valence-corrected chi connectivity index (χ1v) is 6.50.